The number of aryl methyl sites for hydroxylation is 1. The van der Waals surface area contributed by atoms with Crippen molar-refractivity contribution in [2.45, 2.75) is 26.2 Å². The third-order valence-corrected chi connectivity index (χ3v) is 4.38. The van der Waals surface area contributed by atoms with Crippen molar-refractivity contribution in [2.24, 2.45) is 0 Å². The fourth-order valence-electron chi connectivity index (χ4n) is 2.83. The van der Waals surface area contributed by atoms with E-state index in [1.807, 2.05) is 13.0 Å². The van der Waals surface area contributed by atoms with E-state index in [-0.39, 0.29) is 6.61 Å². The van der Waals surface area contributed by atoms with Crippen molar-refractivity contribution in [2.75, 3.05) is 59.1 Å². The van der Waals surface area contributed by atoms with Crippen molar-refractivity contribution in [3.05, 3.63) is 23.7 Å². The van der Waals surface area contributed by atoms with E-state index in [2.05, 4.69) is 22.8 Å². The Hall–Kier alpha value is -0.880. The van der Waals surface area contributed by atoms with Gasteiger partial charge < -0.3 is 19.2 Å². The Balaban J connectivity index is 1.59. The topological polar surface area (TPSA) is 49.1 Å². The van der Waals surface area contributed by atoms with Crippen LogP contribution in [0.3, 0.4) is 0 Å². The molecule has 1 aromatic heterocycles. The molecule has 1 atom stereocenters. The summed E-state index contributed by atoms with van der Waals surface area (Å²) >= 11 is 0. The van der Waals surface area contributed by atoms with Gasteiger partial charge in [-0.25, -0.2) is 0 Å². The molecule has 1 fully saturated rings. The van der Waals surface area contributed by atoms with Crippen LogP contribution in [0.25, 0.3) is 0 Å². The molecule has 0 aliphatic carbocycles. The van der Waals surface area contributed by atoms with Gasteiger partial charge in [-0.15, -0.1) is 0 Å². The summed E-state index contributed by atoms with van der Waals surface area (Å²) in [6, 6.07) is 4.15. The number of aliphatic hydroxyl groups excluding tert-OH is 1. The van der Waals surface area contributed by atoms with E-state index >= 15 is 0 Å². The summed E-state index contributed by atoms with van der Waals surface area (Å²) in [4.78, 5) is 4.98. The lowest BCUT2D eigenvalue weighted by Gasteiger charge is -2.34. The van der Waals surface area contributed by atoms with Crippen molar-refractivity contribution in [1.29, 1.82) is 0 Å². The molecule has 0 radical (unpaired) electrons. The molecule has 1 saturated heterocycles. The molecule has 0 amide bonds. The highest BCUT2D eigenvalue weighted by atomic mass is 16.5. The van der Waals surface area contributed by atoms with E-state index in [1.165, 1.54) is 0 Å². The summed E-state index contributed by atoms with van der Waals surface area (Å²) in [7, 11) is 0. The Labute approximate surface area is 133 Å². The molecule has 1 aliphatic rings. The molecule has 0 bridgehead atoms. The van der Waals surface area contributed by atoms with E-state index in [0.29, 0.717) is 12.5 Å². The predicted molar refractivity (Wildman–Crippen MR) is 87.3 cm³/mol. The number of rotatable bonds is 9. The number of hydrogen-bond acceptors (Lipinski definition) is 5. The zero-order valence-corrected chi connectivity index (χ0v) is 14.0. The van der Waals surface area contributed by atoms with Crippen LogP contribution in [0.2, 0.25) is 0 Å². The molecule has 5 nitrogen and oxygen atoms in total. The van der Waals surface area contributed by atoms with E-state index in [1.54, 1.807) is 0 Å². The van der Waals surface area contributed by atoms with Crippen molar-refractivity contribution in [3.63, 3.8) is 0 Å². The molecule has 0 aromatic carbocycles. The second-order valence-corrected chi connectivity index (χ2v) is 6.16. The van der Waals surface area contributed by atoms with Gasteiger partial charge in [0.15, 0.2) is 0 Å². The van der Waals surface area contributed by atoms with Crippen molar-refractivity contribution in [1.82, 2.24) is 9.80 Å². The third-order valence-electron chi connectivity index (χ3n) is 4.38. The van der Waals surface area contributed by atoms with E-state index in [0.717, 1.165) is 63.8 Å². The molecule has 2 heterocycles. The Morgan fingerprint density at radius 1 is 1.14 bits per heavy atom. The van der Waals surface area contributed by atoms with E-state index in [4.69, 9.17) is 14.3 Å². The number of piperazine rings is 1. The van der Waals surface area contributed by atoms with Gasteiger partial charge in [-0.3, -0.25) is 4.90 Å². The Bertz CT molecular complexity index is 414. The lowest BCUT2D eigenvalue weighted by Crippen LogP contribution is -2.47. The molecule has 1 aliphatic heterocycles. The largest absolute Gasteiger partial charge is 0.466 e. The molecule has 1 unspecified atom stereocenters. The third kappa shape index (κ3) is 5.72. The van der Waals surface area contributed by atoms with Crippen molar-refractivity contribution < 1.29 is 14.3 Å². The Kier molecular flexibility index (Phi) is 7.39. The normalized spacial score (nSPS) is 18.7. The molecule has 2 rings (SSSR count). The molecule has 0 saturated carbocycles. The predicted octanol–water partition coefficient (Wildman–Crippen LogP) is 1.71. The van der Waals surface area contributed by atoms with Crippen LogP contribution in [0.1, 0.15) is 30.8 Å². The van der Waals surface area contributed by atoms with Gasteiger partial charge in [0.05, 0.1) is 19.8 Å². The van der Waals surface area contributed by atoms with Crippen LogP contribution in [0.15, 0.2) is 16.5 Å². The van der Waals surface area contributed by atoms with Gasteiger partial charge in [-0.1, -0.05) is 6.92 Å². The summed E-state index contributed by atoms with van der Waals surface area (Å²) in [6.45, 7) is 12.1. The summed E-state index contributed by atoms with van der Waals surface area (Å²) in [5.74, 6) is 2.59. The quantitative estimate of drug-likeness (QED) is 0.704. The minimum absolute atomic E-state index is 0.112. The molecule has 22 heavy (non-hydrogen) atoms. The smallest absolute Gasteiger partial charge is 0.107 e. The van der Waals surface area contributed by atoms with Crippen LogP contribution >= 0.6 is 0 Å². The lowest BCUT2D eigenvalue weighted by molar-refractivity contribution is 0.0571. The summed E-state index contributed by atoms with van der Waals surface area (Å²) in [5, 5.41) is 8.67. The first-order valence-electron chi connectivity index (χ1n) is 8.38. The highest BCUT2D eigenvalue weighted by molar-refractivity contribution is 5.09. The first kappa shape index (κ1) is 17.5. The average molecular weight is 310 g/mol. The van der Waals surface area contributed by atoms with Crippen LogP contribution in [-0.4, -0.2) is 74.0 Å². The van der Waals surface area contributed by atoms with Gasteiger partial charge in [-0.05, 0) is 32.0 Å². The molecule has 126 valence electrons. The monoisotopic (exact) mass is 310 g/mol. The summed E-state index contributed by atoms with van der Waals surface area (Å²) in [5.41, 5.74) is 0. The van der Waals surface area contributed by atoms with Crippen LogP contribution < -0.4 is 0 Å². The first-order valence-corrected chi connectivity index (χ1v) is 8.38. The number of furan rings is 1. The highest BCUT2D eigenvalue weighted by Crippen LogP contribution is 2.21. The minimum atomic E-state index is 0.112. The van der Waals surface area contributed by atoms with Crippen LogP contribution in [-0.2, 0) is 4.74 Å². The second kappa shape index (κ2) is 9.30. The van der Waals surface area contributed by atoms with E-state index in [9.17, 15) is 0 Å². The second-order valence-electron chi connectivity index (χ2n) is 6.16. The van der Waals surface area contributed by atoms with Gasteiger partial charge in [0.25, 0.3) is 0 Å². The maximum atomic E-state index is 8.67. The maximum absolute atomic E-state index is 8.67. The molecular weight excluding hydrogens is 280 g/mol. The number of aliphatic hydroxyl groups is 1. The molecule has 0 spiro atoms. The van der Waals surface area contributed by atoms with Crippen LogP contribution in [0.4, 0.5) is 0 Å². The highest BCUT2D eigenvalue weighted by Gasteiger charge is 2.18. The molecule has 1 N–H and O–H groups in total. The van der Waals surface area contributed by atoms with Gasteiger partial charge in [0, 0.05) is 38.6 Å². The Morgan fingerprint density at radius 2 is 1.82 bits per heavy atom. The fourth-order valence-corrected chi connectivity index (χ4v) is 2.83. The maximum Gasteiger partial charge on any atom is 0.107 e. The number of nitrogens with zero attached hydrogens (tertiary/aromatic N) is 2. The van der Waals surface area contributed by atoms with Gasteiger partial charge in [0.2, 0.25) is 0 Å². The zero-order valence-electron chi connectivity index (χ0n) is 14.0. The number of hydrogen-bond donors (Lipinski definition) is 1. The standard InChI is InChI=1S/C17H30N2O3/c1-15(17-4-3-16(2)22-17)5-6-18-7-9-19(10-8-18)11-13-21-14-12-20/h3-4,15,20H,5-14H2,1-2H3. The van der Waals surface area contributed by atoms with Gasteiger partial charge in [-0.2, -0.15) is 0 Å². The zero-order chi connectivity index (χ0) is 15.8. The molecular formula is C17H30N2O3. The lowest BCUT2D eigenvalue weighted by atomic mass is 10.0. The summed E-state index contributed by atoms with van der Waals surface area (Å²) < 4.78 is 11.0. The van der Waals surface area contributed by atoms with Gasteiger partial charge >= 0.3 is 0 Å². The summed E-state index contributed by atoms with van der Waals surface area (Å²) in [6.07, 6.45) is 1.15. The van der Waals surface area contributed by atoms with E-state index < -0.39 is 0 Å². The SMILES string of the molecule is Cc1ccc(C(C)CCN2CCN(CCOCCO)CC2)o1. The van der Waals surface area contributed by atoms with Crippen LogP contribution in [0.5, 0.6) is 0 Å². The minimum Gasteiger partial charge on any atom is -0.466 e. The average Bonchev–Trinajstić information content (AvgIpc) is 2.97. The fraction of sp³-hybridized carbons (Fsp3) is 0.765. The molecule has 5 heteroatoms. The van der Waals surface area contributed by atoms with Gasteiger partial charge in [0.1, 0.15) is 11.5 Å². The van der Waals surface area contributed by atoms with Crippen molar-refractivity contribution >= 4 is 0 Å². The number of ether oxygens (including phenoxy) is 1. The molecule has 1 aromatic rings. The first-order chi connectivity index (χ1) is 10.7. The van der Waals surface area contributed by atoms with Crippen molar-refractivity contribution in [3.8, 4) is 0 Å². The van der Waals surface area contributed by atoms with Crippen LogP contribution in [0, 0.1) is 6.92 Å². The Morgan fingerprint density at radius 3 is 2.41 bits per heavy atom.